The lowest BCUT2D eigenvalue weighted by Crippen LogP contribution is -2.32. The van der Waals surface area contributed by atoms with Crippen LogP contribution in [0.1, 0.15) is 38.5 Å². The first-order chi connectivity index (χ1) is 8.72. The van der Waals surface area contributed by atoms with E-state index >= 15 is 0 Å². The molecule has 0 saturated carbocycles. The van der Waals surface area contributed by atoms with Crippen LogP contribution in [0.25, 0.3) is 0 Å². The molecule has 4 atom stereocenters. The predicted octanol–water partition coefficient (Wildman–Crippen LogP) is 1.94. The van der Waals surface area contributed by atoms with Gasteiger partial charge in [0.25, 0.3) is 0 Å². The van der Waals surface area contributed by atoms with Crippen LogP contribution in [-0.4, -0.2) is 29.8 Å². The van der Waals surface area contributed by atoms with Crippen LogP contribution in [0, 0.1) is 11.8 Å². The molecule has 0 aromatic rings. The Morgan fingerprint density at radius 3 is 2.67 bits per heavy atom. The molecule has 2 heterocycles. The number of carboxylic acids is 1. The van der Waals surface area contributed by atoms with Gasteiger partial charge in [-0.3, -0.25) is 4.79 Å². The SMILES string of the molecule is NC[C@@H]1[C@H](C/C=C\CCCC(=O)O)[C@@H]2CC[C@H]1O2. The number of carboxylic acid groups (broad SMARTS) is 1. The van der Waals surface area contributed by atoms with Crippen molar-refractivity contribution in [2.24, 2.45) is 17.6 Å². The van der Waals surface area contributed by atoms with Gasteiger partial charge in [-0.05, 0) is 44.6 Å². The van der Waals surface area contributed by atoms with E-state index in [1.165, 1.54) is 12.8 Å². The third-order valence-electron chi connectivity index (χ3n) is 4.20. The summed E-state index contributed by atoms with van der Waals surface area (Å²) in [5, 5.41) is 8.53. The largest absolute Gasteiger partial charge is 0.481 e. The first kappa shape index (κ1) is 13.6. The van der Waals surface area contributed by atoms with Gasteiger partial charge < -0.3 is 15.6 Å². The number of aliphatic carboxylic acids is 1. The Morgan fingerprint density at radius 2 is 2.00 bits per heavy atom. The summed E-state index contributed by atoms with van der Waals surface area (Å²) in [7, 11) is 0. The van der Waals surface area contributed by atoms with Gasteiger partial charge >= 0.3 is 5.97 Å². The molecular formula is C14H23NO3. The third-order valence-corrected chi connectivity index (χ3v) is 4.20. The highest BCUT2D eigenvalue weighted by molar-refractivity contribution is 5.66. The number of unbranched alkanes of at least 4 members (excludes halogenated alkanes) is 1. The van der Waals surface area contributed by atoms with Crippen molar-refractivity contribution in [1.29, 1.82) is 0 Å². The van der Waals surface area contributed by atoms with E-state index in [4.69, 9.17) is 15.6 Å². The van der Waals surface area contributed by atoms with Crippen LogP contribution in [0.5, 0.6) is 0 Å². The average molecular weight is 253 g/mol. The first-order valence-corrected chi connectivity index (χ1v) is 6.94. The van der Waals surface area contributed by atoms with Crippen molar-refractivity contribution >= 4 is 5.97 Å². The molecule has 18 heavy (non-hydrogen) atoms. The van der Waals surface area contributed by atoms with Crippen LogP contribution < -0.4 is 5.73 Å². The molecule has 2 aliphatic heterocycles. The van der Waals surface area contributed by atoms with Gasteiger partial charge in [0.15, 0.2) is 0 Å². The molecule has 0 aliphatic carbocycles. The van der Waals surface area contributed by atoms with E-state index in [0.29, 0.717) is 24.0 Å². The molecule has 0 aromatic heterocycles. The summed E-state index contributed by atoms with van der Waals surface area (Å²) in [6, 6.07) is 0. The summed E-state index contributed by atoms with van der Waals surface area (Å²) in [4.78, 5) is 10.4. The minimum Gasteiger partial charge on any atom is -0.481 e. The topological polar surface area (TPSA) is 72.6 Å². The summed E-state index contributed by atoms with van der Waals surface area (Å²) in [5.41, 5.74) is 5.83. The summed E-state index contributed by atoms with van der Waals surface area (Å²) in [6.07, 6.45) is 10.3. The van der Waals surface area contributed by atoms with E-state index in [9.17, 15) is 4.79 Å². The van der Waals surface area contributed by atoms with Crippen molar-refractivity contribution in [2.45, 2.75) is 50.7 Å². The van der Waals surface area contributed by atoms with Gasteiger partial charge in [-0.2, -0.15) is 0 Å². The predicted molar refractivity (Wildman–Crippen MR) is 69.2 cm³/mol. The molecule has 0 amide bonds. The van der Waals surface area contributed by atoms with Gasteiger partial charge in [0.05, 0.1) is 12.2 Å². The number of hydrogen-bond donors (Lipinski definition) is 2. The molecule has 2 aliphatic rings. The number of allylic oxidation sites excluding steroid dienone is 2. The van der Waals surface area contributed by atoms with E-state index in [1.807, 2.05) is 0 Å². The van der Waals surface area contributed by atoms with Gasteiger partial charge in [0, 0.05) is 12.3 Å². The highest BCUT2D eigenvalue weighted by atomic mass is 16.5. The first-order valence-electron chi connectivity index (χ1n) is 6.94. The fraction of sp³-hybridized carbons (Fsp3) is 0.786. The van der Waals surface area contributed by atoms with Crippen LogP contribution in [0.2, 0.25) is 0 Å². The number of ether oxygens (including phenoxy) is 1. The molecule has 4 nitrogen and oxygen atoms in total. The van der Waals surface area contributed by atoms with E-state index in [1.54, 1.807) is 0 Å². The fourth-order valence-electron chi connectivity index (χ4n) is 3.27. The maximum absolute atomic E-state index is 10.4. The van der Waals surface area contributed by atoms with Crippen molar-refractivity contribution < 1.29 is 14.6 Å². The molecule has 0 radical (unpaired) electrons. The normalized spacial score (nSPS) is 34.5. The molecular weight excluding hydrogens is 230 g/mol. The fourth-order valence-corrected chi connectivity index (χ4v) is 3.27. The molecule has 4 heteroatoms. The van der Waals surface area contributed by atoms with Crippen molar-refractivity contribution in [2.75, 3.05) is 6.54 Å². The van der Waals surface area contributed by atoms with Crippen LogP contribution in [-0.2, 0) is 9.53 Å². The second-order valence-corrected chi connectivity index (χ2v) is 5.35. The van der Waals surface area contributed by atoms with Crippen molar-refractivity contribution in [3.8, 4) is 0 Å². The molecule has 102 valence electrons. The zero-order valence-corrected chi connectivity index (χ0v) is 10.8. The highest BCUT2D eigenvalue weighted by Gasteiger charge is 2.47. The Morgan fingerprint density at radius 1 is 1.28 bits per heavy atom. The number of rotatable bonds is 7. The highest BCUT2D eigenvalue weighted by Crippen LogP contribution is 2.44. The average Bonchev–Trinajstić information content (AvgIpc) is 2.93. The van der Waals surface area contributed by atoms with E-state index < -0.39 is 5.97 Å². The van der Waals surface area contributed by atoms with Crippen molar-refractivity contribution in [1.82, 2.24) is 0 Å². The number of hydrogen-bond acceptors (Lipinski definition) is 3. The molecule has 2 bridgehead atoms. The van der Waals surface area contributed by atoms with Crippen LogP contribution >= 0.6 is 0 Å². The summed E-state index contributed by atoms with van der Waals surface area (Å²) in [5.74, 6) is 0.380. The maximum atomic E-state index is 10.4. The van der Waals surface area contributed by atoms with Gasteiger partial charge in [-0.1, -0.05) is 12.2 Å². The monoisotopic (exact) mass is 253 g/mol. The molecule has 0 spiro atoms. The Hall–Kier alpha value is -0.870. The lowest BCUT2D eigenvalue weighted by molar-refractivity contribution is -0.137. The molecule has 2 fully saturated rings. The Balaban J connectivity index is 1.69. The van der Waals surface area contributed by atoms with Gasteiger partial charge in [-0.25, -0.2) is 0 Å². The lowest BCUT2D eigenvalue weighted by Gasteiger charge is -2.25. The van der Waals surface area contributed by atoms with Gasteiger partial charge in [0.1, 0.15) is 0 Å². The summed E-state index contributed by atoms with van der Waals surface area (Å²) < 4.78 is 5.91. The molecule has 0 unspecified atom stereocenters. The Bertz CT molecular complexity index is 316. The van der Waals surface area contributed by atoms with Crippen LogP contribution in [0.15, 0.2) is 12.2 Å². The maximum Gasteiger partial charge on any atom is 0.303 e. The Labute approximate surface area is 108 Å². The van der Waals surface area contributed by atoms with Gasteiger partial charge in [-0.15, -0.1) is 0 Å². The molecule has 2 saturated heterocycles. The summed E-state index contributed by atoms with van der Waals surface area (Å²) in [6.45, 7) is 0.721. The standard InChI is InChI=1S/C14H23NO3/c15-9-11-10(12-7-8-13(11)18-12)5-3-1-2-4-6-14(16)17/h1,3,10-13H,2,4-9,15H2,(H,16,17)/b3-1-/t10-,11+,12-,13+/m0/s1. The quantitative estimate of drug-likeness (QED) is 0.537. The third kappa shape index (κ3) is 3.12. The zero-order chi connectivity index (χ0) is 13.0. The lowest BCUT2D eigenvalue weighted by atomic mass is 9.77. The number of carbonyl (C=O) groups is 1. The second-order valence-electron chi connectivity index (χ2n) is 5.35. The molecule has 0 aromatic carbocycles. The minimum atomic E-state index is -0.715. The minimum absolute atomic E-state index is 0.257. The number of nitrogens with two attached hydrogens (primary N) is 1. The van der Waals surface area contributed by atoms with E-state index in [2.05, 4.69) is 12.2 Å². The zero-order valence-electron chi connectivity index (χ0n) is 10.8. The summed E-state index contributed by atoms with van der Waals surface area (Å²) >= 11 is 0. The second kappa shape index (κ2) is 6.34. The Kier molecular flexibility index (Phi) is 4.78. The molecule has 2 rings (SSSR count). The van der Waals surface area contributed by atoms with Crippen LogP contribution in [0.3, 0.4) is 0 Å². The molecule has 3 N–H and O–H groups in total. The van der Waals surface area contributed by atoms with E-state index in [0.717, 1.165) is 25.8 Å². The smallest absolute Gasteiger partial charge is 0.303 e. The van der Waals surface area contributed by atoms with E-state index in [-0.39, 0.29) is 6.42 Å². The van der Waals surface area contributed by atoms with Crippen LogP contribution in [0.4, 0.5) is 0 Å². The van der Waals surface area contributed by atoms with Crippen molar-refractivity contribution in [3.05, 3.63) is 12.2 Å². The number of fused-ring (bicyclic) bond motifs is 2. The van der Waals surface area contributed by atoms with Crippen molar-refractivity contribution in [3.63, 3.8) is 0 Å². The van der Waals surface area contributed by atoms with Gasteiger partial charge in [0.2, 0.25) is 0 Å².